The normalized spacial score (nSPS) is 14.3. The van der Waals surface area contributed by atoms with E-state index in [2.05, 4.69) is 16.0 Å². The molecule has 0 aliphatic heterocycles. The lowest BCUT2D eigenvalue weighted by molar-refractivity contribution is -0.141. The molecule has 3 rings (SSSR count). The van der Waals surface area contributed by atoms with Crippen LogP contribution in [0.5, 0.6) is 0 Å². The summed E-state index contributed by atoms with van der Waals surface area (Å²) in [5, 5.41) is 24.9. The fourth-order valence-corrected chi connectivity index (χ4v) is 4.08. The maximum Gasteiger partial charge on any atom is 0.407 e. The van der Waals surface area contributed by atoms with Crippen molar-refractivity contribution < 1.29 is 38.9 Å². The van der Waals surface area contributed by atoms with E-state index in [9.17, 15) is 24.0 Å². The highest BCUT2D eigenvalue weighted by atomic mass is 16.5. The van der Waals surface area contributed by atoms with Crippen LogP contribution in [0.4, 0.5) is 4.79 Å². The molecule has 2 aromatic rings. The smallest absolute Gasteiger partial charge is 0.407 e. The predicted molar refractivity (Wildman–Crippen MR) is 132 cm³/mol. The van der Waals surface area contributed by atoms with E-state index >= 15 is 0 Å². The Morgan fingerprint density at radius 1 is 0.811 bits per heavy atom. The van der Waals surface area contributed by atoms with Crippen molar-refractivity contribution in [1.29, 1.82) is 0 Å². The number of benzene rings is 2. The lowest BCUT2D eigenvalue weighted by atomic mass is 9.98. The molecule has 11 heteroatoms. The zero-order chi connectivity index (χ0) is 27.1. The van der Waals surface area contributed by atoms with Crippen LogP contribution in [-0.4, -0.2) is 64.8 Å². The summed E-state index contributed by atoms with van der Waals surface area (Å²) in [6.07, 6.45) is -1.41. The largest absolute Gasteiger partial charge is 0.480 e. The van der Waals surface area contributed by atoms with E-state index in [0.29, 0.717) is 0 Å². The molecule has 2 aromatic carbocycles. The maximum atomic E-state index is 12.7. The minimum absolute atomic E-state index is 0.00363. The Bertz CT molecular complexity index is 1150. The Morgan fingerprint density at radius 2 is 1.32 bits per heavy atom. The number of hydrogen-bond donors (Lipinski definition) is 5. The maximum absolute atomic E-state index is 12.7. The third kappa shape index (κ3) is 6.84. The number of carboxylic acid groups (broad SMARTS) is 2. The summed E-state index contributed by atoms with van der Waals surface area (Å²) in [5.41, 5.74) is 4.11. The average molecular weight is 512 g/mol. The molecule has 0 saturated carbocycles. The molecule has 0 radical (unpaired) electrons. The summed E-state index contributed by atoms with van der Waals surface area (Å²) in [7, 11) is 0. The molecule has 0 heterocycles. The monoisotopic (exact) mass is 511 g/mol. The van der Waals surface area contributed by atoms with E-state index in [1.54, 1.807) is 0 Å². The van der Waals surface area contributed by atoms with Gasteiger partial charge in [0.2, 0.25) is 11.8 Å². The molecule has 0 fully saturated rings. The zero-order valence-electron chi connectivity index (χ0n) is 20.4. The van der Waals surface area contributed by atoms with E-state index in [1.807, 2.05) is 48.5 Å². The minimum Gasteiger partial charge on any atom is -0.480 e. The number of nitrogens with one attached hydrogen (secondary N) is 3. The summed E-state index contributed by atoms with van der Waals surface area (Å²) in [6, 6.07) is 11.9. The van der Waals surface area contributed by atoms with Crippen LogP contribution in [0.25, 0.3) is 11.1 Å². The van der Waals surface area contributed by atoms with Crippen LogP contribution in [0.1, 0.15) is 43.7 Å². The van der Waals surface area contributed by atoms with Crippen LogP contribution in [0.2, 0.25) is 0 Å². The summed E-state index contributed by atoms with van der Waals surface area (Å²) in [5.74, 6) is -4.17. The molecule has 0 saturated heterocycles. The number of fused-ring (bicyclic) bond motifs is 3. The second-order valence-electron chi connectivity index (χ2n) is 8.76. The van der Waals surface area contributed by atoms with Gasteiger partial charge in [-0.2, -0.15) is 0 Å². The van der Waals surface area contributed by atoms with Crippen molar-refractivity contribution in [2.45, 2.75) is 50.7 Å². The molecule has 1 aliphatic carbocycles. The standard InChI is InChI=1S/C26H29N3O8/c1-14(24(32)33)27-22(30)12-11-21(23(31)28-15(2)25(34)35)29-26(36)37-13-20-18-9-5-3-7-16(18)17-8-4-6-10-19(17)20/h3-10,14-15,20-21H,11-13H2,1-2H3,(H,27,30)(H,28,31)(H,29,36)(H,32,33)(H,34,35)/t14-,15-,21-/m0/s1. The first-order valence-corrected chi connectivity index (χ1v) is 11.7. The van der Waals surface area contributed by atoms with Gasteiger partial charge in [-0.25, -0.2) is 4.79 Å². The van der Waals surface area contributed by atoms with Gasteiger partial charge >= 0.3 is 18.0 Å². The Morgan fingerprint density at radius 3 is 1.86 bits per heavy atom. The quantitative estimate of drug-likeness (QED) is 0.304. The lowest BCUT2D eigenvalue weighted by Gasteiger charge is -2.21. The number of carboxylic acids is 2. The highest BCUT2D eigenvalue weighted by Gasteiger charge is 2.30. The first-order chi connectivity index (χ1) is 17.6. The minimum atomic E-state index is -1.29. The van der Waals surface area contributed by atoms with Gasteiger partial charge in [-0.15, -0.1) is 0 Å². The van der Waals surface area contributed by atoms with Crippen molar-refractivity contribution in [1.82, 2.24) is 16.0 Å². The Labute approximate surface area is 213 Å². The third-order valence-corrected chi connectivity index (χ3v) is 6.09. The van der Waals surface area contributed by atoms with Crippen molar-refractivity contribution in [3.63, 3.8) is 0 Å². The van der Waals surface area contributed by atoms with Crippen molar-refractivity contribution in [3.8, 4) is 11.1 Å². The molecule has 0 aromatic heterocycles. The Kier molecular flexibility index (Phi) is 8.83. The van der Waals surface area contributed by atoms with E-state index in [1.165, 1.54) is 13.8 Å². The molecule has 5 N–H and O–H groups in total. The molecule has 0 bridgehead atoms. The SMILES string of the molecule is C[C@H](NC(=O)CC[C@H](NC(=O)OCC1c2ccccc2-c2ccccc21)C(=O)N[C@@H](C)C(=O)O)C(=O)O. The van der Waals surface area contributed by atoms with Gasteiger partial charge < -0.3 is 30.9 Å². The van der Waals surface area contributed by atoms with Gasteiger partial charge in [0.15, 0.2) is 0 Å². The summed E-state index contributed by atoms with van der Waals surface area (Å²) < 4.78 is 5.45. The van der Waals surface area contributed by atoms with Gasteiger partial charge in [-0.3, -0.25) is 19.2 Å². The van der Waals surface area contributed by atoms with E-state index < -0.39 is 48.0 Å². The molecule has 3 atom stereocenters. The molecule has 196 valence electrons. The van der Waals surface area contributed by atoms with Crippen LogP contribution in [0, 0.1) is 0 Å². The van der Waals surface area contributed by atoms with E-state index in [4.69, 9.17) is 14.9 Å². The van der Waals surface area contributed by atoms with Gasteiger partial charge in [0.05, 0.1) is 0 Å². The summed E-state index contributed by atoms with van der Waals surface area (Å²) in [6.45, 7) is 2.54. The van der Waals surface area contributed by atoms with Crippen LogP contribution < -0.4 is 16.0 Å². The molecule has 0 spiro atoms. The van der Waals surface area contributed by atoms with Crippen molar-refractivity contribution in [2.75, 3.05) is 6.61 Å². The lowest BCUT2D eigenvalue weighted by Crippen LogP contribution is -2.51. The van der Waals surface area contributed by atoms with Crippen molar-refractivity contribution in [2.24, 2.45) is 0 Å². The number of carbonyl (C=O) groups is 5. The predicted octanol–water partition coefficient (Wildman–Crippen LogP) is 1.85. The molecule has 11 nitrogen and oxygen atoms in total. The first-order valence-electron chi connectivity index (χ1n) is 11.7. The number of ether oxygens (including phenoxy) is 1. The van der Waals surface area contributed by atoms with Gasteiger partial charge in [-0.05, 0) is 42.5 Å². The van der Waals surface area contributed by atoms with Gasteiger partial charge in [0, 0.05) is 12.3 Å². The Hall–Kier alpha value is -4.41. The molecule has 3 amide bonds. The van der Waals surface area contributed by atoms with E-state index in [-0.39, 0.29) is 25.4 Å². The number of rotatable bonds is 11. The van der Waals surface area contributed by atoms with Crippen LogP contribution in [0.3, 0.4) is 0 Å². The highest BCUT2D eigenvalue weighted by molar-refractivity contribution is 5.90. The molecular weight excluding hydrogens is 482 g/mol. The second kappa shape index (κ2) is 12.0. The first kappa shape index (κ1) is 27.2. The number of carbonyl (C=O) groups excluding carboxylic acids is 3. The zero-order valence-corrected chi connectivity index (χ0v) is 20.4. The fourth-order valence-electron chi connectivity index (χ4n) is 4.08. The number of amides is 3. The van der Waals surface area contributed by atoms with Crippen LogP contribution >= 0.6 is 0 Å². The summed E-state index contributed by atoms with van der Waals surface area (Å²) >= 11 is 0. The van der Waals surface area contributed by atoms with E-state index in [0.717, 1.165) is 22.3 Å². The molecule has 1 aliphatic rings. The van der Waals surface area contributed by atoms with Gasteiger partial charge in [-0.1, -0.05) is 48.5 Å². The highest BCUT2D eigenvalue weighted by Crippen LogP contribution is 2.44. The summed E-state index contributed by atoms with van der Waals surface area (Å²) in [4.78, 5) is 59.5. The second-order valence-corrected chi connectivity index (χ2v) is 8.76. The van der Waals surface area contributed by atoms with Gasteiger partial charge in [0.1, 0.15) is 24.7 Å². The van der Waals surface area contributed by atoms with Crippen LogP contribution in [0.15, 0.2) is 48.5 Å². The number of alkyl carbamates (subject to hydrolysis) is 1. The van der Waals surface area contributed by atoms with Gasteiger partial charge in [0.25, 0.3) is 0 Å². The molecular formula is C26H29N3O8. The molecule has 37 heavy (non-hydrogen) atoms. The Balaban J connectivity index is 1.66. The third-order valence-electron chi connectivity index (χ3n) is 6.09. The average Bonchev–Trinajstić information content (AvgIpc) is 3.18. The fraction of sp³-hybridized carbons (Fsp3) is 0.346. The van der Waals surface area contributed by atoms with Crippen molar-refractivity contribution in [3.05, 3.63) is 59.7 Å². The van der Waals surface area contributed by atoms with Crippen molar-refractivity contribution >= 4 is 29.8 Å². The number of hydrogen-bond acceptors (Lipinski definition) is 6. The topological polar surface area (TPSA) is 171 Å². The molecule has 0 unspecified atom stereocenters. The number of aliphatic carboxylic acids is 2. The van der Waals surface area contributed by atoms with Crippen LogP contribution in [-0.2, 0) is 23.9 Å².